The molecule has 1 amide bonds. The van der Waals surface area contributed by atoms with Crippen LogP contribution in [0.5, 0.6) is 0 Å². The van der Waals surface area contributed by atoms with E-state index in [4.69, 9.17) is 4.42 Å². The summed E-state index contributed by atoms with van der Waals surface area (Å²) in [5.41, 5.74) is 4.41. The van der Waals surface area contributed by atoms with E-state index in [1.165, 1.54) is 24.6 Å². The quantitative estimate of drug-likeness (QED) is 0.477. The minimum absolute atomic E-state index is 0.104. The number of carbonyl (C=O) groups is 1. The predicted octanol–water partition coefficient (Wildman–Crippen LogP) is 3.24. The van der Waals surface area contributed by atoms with E-state index in [-0.39, 0.29) is 4.90 Å². The first-order valence-electron chi connectivity index (χ1n) is 8.88. The van der Waals surface area contributed by atoms with Crippen LogP contribution in [0.1, 0.15) is 16.9 Å². The molecule has 3 rings (SSSR count). The molecule has 0 aliphatic heterocycles. The highest BCUT2D eigenvalue weighted by molar-refractivity contribution is 7.92. The topological polar surface area (TPSA) is 92.0 Å². The Morgan fingerprint density at radius 1 is 1.10 bits per heavy atom. The van der Waals surface area contributed by atoms with E-state index in [9.17, 15) is 13.2 Å². The van der Waals surface area contributed by atoms with Crippen molar-refractivity contribution in [3.05, 3.63) is 83.8 Å². The largest absolute Gasteiger partial charge is 0.463 e. The summed E-state index contributed by atoms with van der Waals surface area (Å²) in [7, 11) is -3.95. The highest BCUT2D eigenvalue weighted by atomic mass is 32.2. The van der Waals surface area contributed by atoms with Crippen molar-refractivity contribution in [3.63, 3.8) is 0 Å². The summed E-state index contributed by atoms with van der Waals surface area (Å²) in [4.78, 5) is 12.6. The molecule has 0 unspecified atom stereocenters. The van der Waals surface area contributed by atoms with E-state index >= 15 is 0 Å². The van der Waals surface area contributed by atoms with Crippen LogP contribution in [-0.2, 0) is 14.8 Å². The Hall–Kier alpha value is -3.39. The molecule has 29 heavy (non-hydrogen) atoms. The molecule has 0 saturated carbocycles. The smallest absolute Gasteiger partial charge is 0.264 e. The number of rotatable bonds is 7. The summed E-state index contributed by atoms with van der Waals surface area (Å²) in [5.74, 6) is -0.109. The van der Waals surface area contributed by atoms with E-state index in [0.29, 0.717) is 11.4 Å². The fourth-order valence-corrected chi connectivity index (χ4v) is 4.20. The van der Waals surface area contributed by atoms with E-state index < -0.39 is 22.5 Å². The monoisotopic (exact) mass is 411 g/mol. The lowest BCUT2D eigenvalue weighted by molar-refractivity contribution is -0.119. The van der Waals surface area contributed by atoms with Crippen molar-refractivity contribution >= 4 is 27.8 Å². The van der Waals surface area contributed by atoms with Crippen LogP contribution in [0.3, 0.4) is 0 Å². The first-order chi connectivity index (χ1) is 13.9. The molecule has 150 valence electrons. The second-order valence-electron chi connectivity index (χ2n) is 6.42. The highest BCUT2D eigenvalue weighted by Gasteiger charge is 2.28. The normalized spacial score (nSPS) is 11.5. The van der Waals surface area contributed by atoms with Gasteiger partial charge in [0.2, 0.25) is 0 Å². The maximum absolute atomic E-state index is 13.3. The molecule has 2 aromatic carbocycles. The zero-order valence-corrected chi connectivity index (χ0v) is 16.9. The molecular formula is C21H21N3O4S. The van der Waals surface area contributed by atoms with Gasteiger partial charge in [0.25, 0.3) is 15.9 Å². The summed E-state index contributed by atoms with van der Waals surface area (Å²) in [5, 5.41) is 3.82. The Bertz CT molecular complexity index is 1110. The van der Waals surface area contributed by atoms with Gasteiger partial charge in [0, 0.05) is 0 Å². The minimum atomic E-state index is -3.95. The number of sulfonamides is 1. The second kappa shape index (κ2) is 8.74. The predicted molar refractivity (Wildman–Crippen MR) is 111 cm³/mol. The van der Waals surface area contributed by atoms with Crippen molar-refractivity contribution in [2.45, 2.75) is 18.7 Å². The zero-order valence-electron chi connectivity index (χ0n) is 16.1. The molecule has 0 saturated heterocycles. The first kappa shape index (κ1) is 20.3. The Morgan fingerprint density at radius 3 is 2.55 bits per heavy atom. The van der Waals surface area contributed by atoms with E-state index in [0.717, 1.165) is 15.4 Å². The van der Waals surface area contributed by atoms with Gasteiger partial charge in [-0.2, -0.15) is 5.10 Å². The third-order valence-electron chi connectivity index (χ3n) is 4.18. The van der Waals surface area contributed by atoms with Gasteiger partial charge in [-0.25, -0.2) is 13.8 Å². The molecule has 7 nitrogen and oxygen atoms in total. The van der Waals surface area contributed by atoms with Gasteiger partial charge in [-0.1, -0.05) is 30.3 Å². The molecule has 0 bridgehead atoms. The highest BCUT2D eigenvalue weighted by Crippen LogP contribution is 2.27. The average molecular weight is 411 g/mol. The maximum Gasteiger partial charge on any atom is 0.264 e. The number of nitrogens with zero attached hydrogens (tertiary/aromatic N) is 2. The Balaban J connectivity index is 1.91. The number of anilines is 1. The second-order valence-corrected chi connectivity index (χ2v) is 8.29. The fourth-order valence-electron chi connectivity index (χ4n) is 2.71. The van der Waals surface area contributed by atoms with Gasteiger partial charge in [-0.15, -0.1) is 0 Å². The van der Waals surface area contributed by atoms with Crippen LogP contribution in [0.15, 0.2) is 81.3 Å². The van der Waals surface area contributed by atoms with Crippen molar-refractivity contribution < 1.29 is 17.6 Å². The summed E-state index contributed by atoms with van der Waals surface area (Å²) in [6.45, 7) is 3.25. The van der Waals surface area contributed by atoms with Crippen LogP contribution in [0.25, 0.3) is 0 Å². The molecule has 1 N–H and O–H groups in total. The SMILES string of the molecule is Cc1ccc(C)c(N(CC(=O)N/N=C\c2ccco2)S(=O)(=O)c2ccccc2)c1. The number of amides is 1. The average Bonchev–Trinajstić information content (AvgIpc) is 3.22. The standard InChI is InChI=1S/C21H21N3O4S/c1-16-10-11-17(2)20(13-16)24(29(26,27)19-8-4-3-5-9-19)15-21(25)23-22-14-18-7-6-12-28-18/h3-14H,15H2,1-2H3,(H,23,25)/b22-14-. The molecule has 8 heteroatoms. The molecular weight excluding hydrogens is 390 g/mol. The number of nitrogens with one attached hydrogen (secondary N) is 1. The van der Waals surface area contributed by atoms with Gasteiger partial charge in [0.1, 0.15) is 12.3 Å². The van der Waals surface area contributed by atoms with Crippen molar-refractivity contribution in [3.8, 4) is 0 Å². The van der Waals surface area contributed by atoms with Crippen LogP contribution in [-0.4, -0.2) is 27.1 Å². The molecule has 0 aliphatic rings. The summed E-state index contributed by atoms with van der Waals surface area (Å²) in [6, 6.07) is 16.8. The molecule has 0 atom stereocenters. The van der Waals surface area contributed by atoms with Gasteiger partial charge < -0.3 is 4.42 Å². The number of carbonyl (C=O) groups excluding carboxylic acids is 1. The Morgan fingerprint density at radius 2 is 1.86 bits per heavy atom. The number of aryl methyl sites for hydroxylation is 2. The molecule has 0 aliphatic carbocycles. The molecule has 1 aromatic heterocycles. The number of furan rings is 1. The van der Waals surface area contributed by atoms with E-state index in [1.54, 1.807) is 43.3 Å². The lowest BCUT2D eigenvalue weighted by Gasteiger charge is -2.25. The van der Waals surface area contributed by atoms with Gasteiger partial charge >= 0.3 is 0 Å². The number of hydrogen-bond donors (Lipinski definition) is 1. The summed E-state index contributed by atoms with van der Waals surface area (Å²) >= 11 is 0. The van der Waals surface area contributed by atoms with Gasteiger partial charge in [0.15, 0.2) is 0 Å². The van der Waals surface area contributed by atoms with Crippen LogP contribution in [0, 0.1) is 13.8 Å². The molecule has 3 aromatic rings. The fraction of sp³-hybridized carbons (Fsp3) is 0.143. The zero-order chi connectivity index (χ0) is 20.9. The Labute approximate surface area is 169 Å². The van der Waals surface area contributed by atoms with Crippen molar-refractivity contribution in [2.75, 3.05) is 10.8 Å². The van der Waals surface area contributed by atoms with Crippen LogP contribution >= 0.6 is 0 Å². The minimum Gasteiger partial charge on any atom is -0.463 e. The van der Waals surface area contributed by atoms with Crippen molar-refractivity contribution in [1.82, 2.24) is 5.43 Å². The summed E-state index contributed by atoms with van der Waals surface area (Å²) < 4.78 is 32.8. The number of hydrazone groups is 1. The molecule has 0 fully saturated rings. The lowest BCUT2D eigenvalue weighted by atomic mass is 10.1. The maximum atomic E-state index is 13.3. The van der Waals surface area contributed by atoms with E-state index in [1.807, 2.05) is 19.1 Å². The van der Waals surface area contributed by atoms with Crippen molar-refractivity contribution in [1.29, 1.82) is 0 Å². The van der Waals surface area contributed by atoms with Gasteiger partial charge in [-0.3, -0.25) is 9.10 Å². The molecule has 0 spiro atoms. The third-order valence-corrected chi connectivity index (χ3v) is 5.95. The van der Waals surface area contributed by atoms with E-state index in [2.05, 4.69) is 10.5 Å². The number of benzene rings is 2. The van der Waals surface area contributed by atoms with Crippen LogP contribution < -0.4 is 9.73 Å². The first-order valence-corrected chi connectivity index (χ1v) is 10.3. The van der Waals surface area contributed by atoms with Gasteiger partial charge in [0.05, 0.1) is 23.1 Å². The molecule has 1 heterocycles. The summed E-state index contributed by atoms with van der Waals surface area (Å²) in [6.07, 6.45) is 2.82. The molecule has 0 radical (unpaired) electrons. The van der Waals surface area contributed by atoms with Crippen LogP contribution in [0.4, 0.5) is 5.69 Å². The third kappa shape index (κ3) is 4.91. The van der Waals surface area contributed by atoms with Crippen LogP contribution in [0.2, 0.25) is 0 Å². The van der Waals surface area contributed by atoms with Gasteiger partial charge in [-0.05, 0) is 55.3 Å². The lowest BCUT2D eigenvalue weighted by Crippen LogP contribution is -2.40. The Kier molecular flexibility index (Phi) is 6.13. The van der Waals surface area contributed by atoms with Crippen molar-refractivity contribution in [2.24, 2.45) is 5.10 Å². The number of hydrogen-bond acceptors (Lipinski definition) is 5.